The average molecular weight is 885 g/mol. The van der Waals surface area contributed by atoms with Gasteiger partial charge in [-0.2, -0.15) is 0 Å². The van der Waals surface area contributed by atoms with E-state index in [1.807, 2.05) is 24.3 Å². The molecule has 10 heteroatoms. The molecule has 0 amide bonds. The van der Waals surface area contributed by atoms with Crippen molar-refractivity contribution in [2.24, 2.45) is 0 Å². The van der Waals surface area contributed by atoms with Gasteiger partial charge in [-0.3, -0.25) is 0 Å². The van der Waals surface area contributed by atoms with Crippen LogP contribution in [0.1, 0.15) is 120 Å². The molecule has 1 aliphatic carbocycles. The summed E-state index contributed by atoms with van der Waals surface area (Å²) in [5, 5.41) is 38.7. The van der Waals surface area contributed by atoms with Crippen LogP contribution in [0.4, 0.5) is 0 Å². The maximum absolute atomic E-state index is 9.68. The average Bonchev–Trinajstić information content (AvgIpc) is 3.31. The zero-order valence-corrected chi connectivity index (χ0v) is 38.8. The van der Waals surface area contributed by atoms with Gasteiger partial charge in [0.2, 0.25) is 0 Å². The van der Waals surface area contributed by atoms with Gasteiger partial charge in [-0.1, -0.05) is 137 Å². The lowest BCUT2D eigenvalue weighted by Gasteiger charge is -2.23. The van der Waals surface area contributed by atoms with Gasteiger partial charge in [-0.05, 0) is 128 Å². The molecule has 340 valence electrons. The minimum absolute atomic E-state index is 0.444. The van der Waals surface area contributed by atoms with E-state index >= 15 is 0 Å². The normalized spacial score (nSPS) is 12.4. The van der Waals surface area contributed by atoms with Crippen molar-refractivity contribution in [3.63, 3.8) is 0 Å². The van der Waals surface area contributed by atoms with Crippen LogP contribution >= 0.6 is 0 Å². The van der Waals surface area contributed by atoms with Crippen LogP contribution in [0.5, 0.6) is 23.0 Å². The van der Waals surface area contributed by atoms with Crippen molar-refractivity contribution < 1.29 is 39.0 Å². The highest BCUT2D eigenvalue weighted by Gasteiger charge is 2.23. The van der Waals surface area contributed by atoms with E-state index in [0.717, 1.165) is 115 Å². The maximum Gasteiger partial charge on any atom is 0.488 e. The molecular weight excluding hydrogens is 822 g/mol. The van der Waals surface area contributed by atoms with Crippen LogP contribution in [0.2, 0.25) is 0 Å². The third-order valence-corrected chi connectivity index (χ3v) is 11.6. The topological polar surface area (TPSA) is 118 Å². The van der Waals surface area contributed by atoms with Crippen LogP contribution in [0.25, 0.3) is 24.3 Å². The van der Waals surface area contributed by atoms with E-state index in [9.17, 15) is 20.1 Å². The lowest BCUT2D eigenvalue weighted by Crippen LogP contribution is -2.29. The molecular formula is C56H62B2O8. The van der Waals surface area contributed by atoms with Crippen LogP contribution in [0, 0.1) is 0 Å². The zero-order chi connectivity index (χ0) is 46.4. The van der Waals surface area contributed by atoms with E-state index in [-0.39, 0.29) is 0 Å². The number of benzene rings is 6. The van der Waals surface area contributed by atoms with Crippen LogP contribution in [0.3, 0.4) is 0 Å². The highest BCUT2D eigenvalue weighted by Crippen LogP contribution is 2.40. The van der Waals surface area contributed by atoms with Crippen LogP contribution in [0.15, 0.2) is 109 Å². The predicted molar refractivity (Wildman–Crippen MR) is 271 cm³/mol. The number of ether oxygens (including phenoxy) is 4. The smallest absolute Gasteiger partial charge is 0.488 e. The Kier molecular flexibility index (Phi) is 17.0. The standard InChI is InChI=1S/C56H62B2O8/c1-5-27-63-53-43-11-9-12-44(53)36-48-32-42(18-16-40-21-25-52(26-22-40)58(61)62)34-50(56(48)66-30-8-4)38-46-14-10-13-45(54(46)64-28-6-2)37-49-33-41(31-47(35-43)55(49)65-29-7-3)17-15-39-19-23-51(24-20-39)57(59)60/h9-26,31-34,59-62H,5-8,27-30,35-38H2,1-4H3/b17-15+,18-16+. The predicted octanol–water partition coefficient (Wildman–Crippen LogP) is 9.22. The van der Waals surface area contributed by atoms with Crippen molar-refractivity contribution in [1.29, 1.82) is 0 Å². The fraction of sp³-hybridized carbons (Fsp3) is 0.286. The van der Waals surface area contributed by atoms with E-state index in [2.05, 4.69) is 113 Å². The first-order valence-corrected chi connectivity index (χ1v) is 23.5. The summed E-state index contributed by atoms with van der Waals surface area (Å²) in [4.78, 5) is 0. The van der Waals surface area contributed by atoms with E-state index in [1.165, 1.54) is 0 Å². The molecule has 0 radical (unpaired) electrons. The van der Waals surface area contributed by atoms with Gasteiger partial charge in [0.15, 0.2) is 0 Å². The van der Waals surface area contributed by atoms with Gasteiger partial charge in [0.1, 0.15) is 23.0 Å². The Morgan fingerprint density at radius 1 is 0.364 bits per heavy atom. The molecule has 8 bridgehead atoms. The first-order chi connectivity index (χ1) is 32.2. The van der Waals surface area contributed by atoms with Crippen LogP contribution in [-0.4, -0.2) is 60.8 Å². The van der Waals surface area contributed by atoms with E-state index in [1.54, 1.807) is 24.3 Å². The SMILES string of the molecule is CCCOc1c2cccc1Cc1cc(/C=C/c3ccc(B(O)O)cc3)cc(c1OCCC)Cc1cccc(c1OCCC)Cc1cc(/C=C/c3ccc(B(O)O)cc3)cc(c1OCCC)C2. The summed E-state index contributed by atoms with van der Waals surface area (Å²) in [6.07, 6.45) is 14.0. The largest absolute Gasteiger partial charge is 0.493 e. The first kappa shape index (κ1) is 47.9. The van der Waals surface area contributed by atoms with E-state index in [0.29, 0.717) is 63.0 Å². The van der Waals surface area contributed by atoms with Gasteiger partial charge in [0.05, 0.1) is 26.4 Å². The van der Waals surface area contributed by atoms with Gasteiger partial charge in [0, 0.05) is 25.7 Å². The van der Waals surface area contributed by atoms with Gasteiger partial charge in [-0.15, -0.1) is 0 Å². The molecule has 4 N–H and O–H groups in total. The molecule has 0 unspecified atom stereocenters. The fourth-order valence-electron chi connectivity index (χ4n) is 8.44. The summed E-state index contributed by atoms with van der Waals surface area (Å²) in [6.45, 7) is 10.8. The highest BCUT2D eigenvalue weighted by atomic mass is 16.5. The number of hydrogen-bond acceptors (Lipinski definition) is 8. The summed E-state index contributed by atoms with van der Waals surface area (Å²) < 4.78 is 27.1. The van der Waals surface area contributed by atoms with Gasteiger partial charge >= 0.3 is 14.2 Å². The summed E-state index contributed by atoms with van der Waals surface area (Å²) in [5.74, 6) is 3.49. The molecule has 8 nitrogen and oxygen atoms in total. The molecule has 0 aromatic heterocycles. The summed E-state index contributed by atoms with van der Waals surface area (Å²) >= 11 is 0. The molecule has 0 aliphatic heterocycles. The van der Waals surface area contributed by atoms with Gasteiger partial charge in [0.25, 0.3) is 0 Å². The third kappa shape index (κ3) is 12.2. The van der Waals surface area contributed by atoms with E-state index in [4.69, 9.17) is 18.9 Å². The van der Waals surface area contributed by atoms with Gasteiger partial charge < -0.3 is 39.0 Å². The second kappa shape index (κ2) is 23.4. The summed E-state index contributed by atoms with van der Waals surface area (Å²) in [6, 6.07) is 36.3. The lowest BCUT2D eigenvalue weighted by atomic mass is 9.80. The quantitative estimate of drug-likeness (QED) is 0.0498. The molecule has 0 saturated carbocycles. The molecule has 6 aromatic rings. The Balaban J connectivity index is 1.44. The monoisotopic (exact) mass is 884 g/mol. The second-order valence-electron chi connectivity index (χ2n) is 17.0. The summed E-state index contributed by atoms with van der Waals surface area (Å²) in [7, 11) is -3.04. The van der Waals surface area contributed by atoms with Crippen molar-refractivity contribution in [3.05, 3.63) is 176 Å². The van der Waals surface area contributed by atoms with Crippen molar-refractivity contribution in [2.75, 3.05) is 26.4 Å². The van der Waals surface area contributed by atoms with Crippen molar-refractivity contribution in [3.8, 4) is 23.0 Å². The van der Waals surface area contributed by atoms with Crippen LogP contribution in [-0.2, 0) is 25.7 Å². The van der Waals surface area contributed by atoms with Crippen molar-refractivity contribution >= 4 is 49.5 Å². The Labute approximate surface area is 391 Å². The Bertz CT molecular complexity index is 2330. The third-order valence-electron chi connectivity index (χ3n) is 11.6. The molecule has 1 aliphatic rings. The zero-order valence-electron chi connectivity index (χ0n) is 38.8. The number of fused-ring (bicyclic) bond motifs is 8. The molecule has 0 spiro atoms. The van der Waals surface area contributed by atoms with Crippen molar-refractivity contribution in [1.82, 2.24) is 0 Å². The molecule has 0 heterocycles. The molecule has 0 fully saturated rings. The van der Waals surface area contributed by atoms with Crippen LogP contribution < -0.4 is 29.9 Å². The lowest BCUT2D eigenvalue weighted by molar-refractivity contribution is 0.304. The Hall–Kier alpha value is -6.03. The molecule has 0 atom stereocenters. The molecule has 0 saturated heterocycles. The highest BCUT2D eigenvalue weighted by molar-refractivity contribution is 6.58. The fourth-order valence-corrected chi connectivity index (χ4v) is 8.44. The number of para-hydroxylation sites is 2. The Morgan fingerprint density at radius 2 is 0.621 bits per heavy atom. The molecule has 7 rings (SSSR count). The van der Waals surface area contributed by atoms with Gasteiger partial charge in [-0.25, -0.2) is 0 Å². The first-order valence-electron chi connectivity index (χ1n) is 23.5. The van der Waals surface area contributed by atoms with Crippen molar-refractivity contribution in [2.45, 2.75) is 79.1 Å². The molecule has 6 aromatic carbocycles. The minimum Gasteiger partial charge on any atom is -0.493 e. The second-order valence-corrected chi connectivity index (χ2v) is 17.0. The van der Waals surface area contributed by atoms with E-state index < -0.39 is 14.2 Å². The summed E-state index contributed by atoms with van der Waals surface area (Å²) in [5.41, 5.74) is 13.3. The maximum atomic E-state index is 9.68. The molecule has 66 heavy (non-hydrogen) atoms. The number of hydrogen-bond donors (Lipinski definition) is 4. The Morgan fingerprint density at radius 3 is 0.879 bits per heavy atom. The minimum atomic E-state index is -1.52. The number of rotatable bonds is 18.